The van der Waals surface area contributed by atoms with E-state index in [9.17, 15) is 0 Å². The van der Waals surface area contributed by atoms with E-state index in [4.69, 9.17) is 9.97 Å². The number of nitrogens with zero attached hydrogens (tertiary/aromatic N) is 3. The van der Waals surface area contributed by atoms with Crippen LogP contribution in [-0.4, -0.2) is 14.5 Å². The van der Waals surface area contributed by atoms with E-state index < -0.39 is 0 Å². The van der Waals surface area contributed by atoms with Crippen molar-refractivity contribution in [1.29, 1.82) is 0 Å². The zero-order valence-electron chi connectivity index (χ0n) is 25.6. The normalized spacial score (nSPS) is 11.4. The largest absolute Gasteiger partial charge is 0.293 e. The Morgan fingerprint density at radius 2 is 0.872 bits per heavy atom. The van der Waals surface area contributed by atoms with Crippen LogP contribution >= 0.6 is 0 Å². The maximum Gasteiger partial charge on any atom is 0.165 e. The molecule has 9 rings (SSSR count). The molecule has 2 aromatic heterocycles. The molecule has 0 N–H and O–H groups in total. The molecule has 0 amide bonds. The summed E-state index contributed by atoms with van der Waals surface area (Å²) in [6.07, 6.45) is 0. The standard InChI is InChI=1S/C44H29N3/c1-4-13-30(14-5-1)33-19-12-20-38(28-33)47-42-22-11-10-21-39(42)43-44(47)46-40-24-23-34(29-41(40)45-43)37-26-35(31-15-6-2-7-16-31)25-36(27-37)32-17-8-3-9-18-32/h1-29H. The molecule has 0 aliphatic carbocycles. The summed E-state index contributed by atoms with van der Waals surface area (Å²) in [5.74, 6) is 0. The maximum atomic E-state index is 5.30. The highest BCUT2D eigenvalue weighted by atomic mass is 15.1. The van der Waals surface area contributed by atoms with Crippen LogP contribution in [0, 0.1) is 0 Å². The fourth-order valence-electron chi connectivity index (χ4n) is 6.65. The lowest BCUT2D eigenvalue weighted by atomic mass is 9.93. The molecule has 3 heteroatoms. The van der Waals surface area contributed by atoms with Crippen molar-refractivity contribution in [3.8, 4) is 50.2 Å². The van der Waals surface area contributed by atoms with Crippen LogP contribution in [0.2, 0.25) is 0 Å². The third kappa shape index (κ3) is 4.86. The minimum absolute atomic E-state index is 0.856. The summed E-state index contributed by atoms with van der Waals surface area (Å²) in [6, 6.07) is 62.1. The Morgan fingerprint density at radius 3 is 1.53 bits per heavy atom. The summed E-state index contributed by atoms with van der Waals surface area (Å²) in [5.41, 5.74) is 15.0. The van der Waals surface area contributed by atoms with Gasteiger partial charge in [-0.3, -0.25) is 4.57 Å². The first-order valence-electron chi connectivity index (χ1n) is 15.9. The maximum absolute atomic E-state index is 5.30. The highest BCUT2D eigenvalue weighted by Gasteiger charge is 2.17. The number of benzene rings is 7. The molecule has 9 aromatic rings. The van der Waals surface area contributed by atoms with Crippen molar-refractivity contribution >= 4 is 33.1 Å². The number of hydrogen-bond donors (Lipinski definition) is 0. The second kappa shape index (κ2) is 11.2. The summed E-state index contributed by atoms with van der Waals surface area (Å²) in [6.45, 7) is 0. The van der Waals surface area contributed by atoms with Crippen LogP contribution in [0.15, 0.2) is 176 Å². The van der Waals surface area contributed by atoms with Crippen LogP contribution in [0.4, 0.5) is 0 Å². The molecule has 0 aliphatic heterocycles. The Hall–Kier alpha value is -6.32. The van der Waals surface area contributed by atoms with E-state index in [-0.39, 0.29) is 0 Å². The van der Waals surface area contributed by atoms with Gasteiger partial charge in [-0.25, -0.2) is 9.97 Å². The van der Waals surface area contributed by atoms with E-state index in [0.29, 0.717) is 0 Å². The summed E-state index contributed by atoms with van der Waals surface area (Å²) < 4.78 is 2.24. The lowest BCUT2D eigenvalue weighted by Crippen LogP contribution is -1.97. The molecule has 0 saturated heterocycles. The predicted octanol–water partition coefficient (Wildman–Crippen LogP) is 11.4. The van der Waals surface area contributed by atoms with Gasteiger partial charge in [0.25, 0.3) is 0 Å². The molecule has 0 unspecified atom stereocenters. The number of fused-ring (bicyclic) bond motifs is 4. The molecule has 0 fully saturated rings. The second-order valence-corrected chi connectivity index (χ2v) is 11.9. The molecule has 0 spiro atoms. The lowest BCUT2D eigenvalue weighted by molar-refractivity contribution is 1.14. The van der Waals surface area contributed by atoms with Crippen molar-refractivity contribution < 1.29 is 0 Å². The van der Waals surface area contributed by atoms with Crippen molar-refractivity contribution in [3.05, 3.63) is 176 Å². The zero-order valence-corrected chi connectivity index (χ0v) is 25.6. The molecule has 0 saturated carbocycles. The predicted molar refractivity (Wildman–Crippen MR) is 196 cm³/mol. The van der Waals surface area contributed by atoms with Gasteiger partial charge in [0, 0.05) is 11.1 Å². The second-order valence-electron chi connectivity index (χ2n) is 11.9. The van der Waals surface area contributed by atoms with Crippen LogP contribution < -0.4 is 0 Å². The molecule has 0 bridgehead atoms. The van der Waals surface area contributed by atoms with Crippen molar-refractivity contribution in [2.24, 2.45) is 0 Å². The van der Waals surface area contributed by atoms with E-state index in [1.165, 1.54) is 33.4 Å². The van der Waals surface area contributed by atoms with Crippen molar-refractivity contribution in [1.82, 2.24) is 14.5 Å². The van der Waals surface area contributed by atoms with Gasteiger partial charge >= 0.3 is 0 Å². The average molecular weight is 600 g/mol. The van der Waals surface area contributed by atoms with Gasteiger partial charge in [-0.2, -0.15) is 0 Å². The minimum atomic E-state index is 0.856. The first-order chi connectivity index (χ1) is 23.3. The van der Waals surface area contributed by atoms with E-state index in [2.05, 4.69) is 180 Å². The number of hydrogen-bond acceptors (Lipinski definition) is 2. The molecule has 220 valence electrons. The van der Waals surface area contributed by atoms with Gasteiger partial charge in [-0.05, 0) is 93.0 Å². The Bertz CT molecular complexity index is 2490. The number of aromatic nitrogens is 3. The average Bonchev–Trinajstić information content (AvgIpc) is 3.47. The third-order valence-electron chi connectivity index (χ3n) is 8.95. The van der Waals surface area contributed by atoms with Gasteiger partial charge in [0.15, 0.2) is 5.65 Å². The van der Waals surface area contributed by atoms with Crippen molar-refractivity contribution in [3.63, 3.8) is 0 Å². The molecule has 3 nitrogen and oxygen atoms in total. The van der Waals surface area contributed by atoms with E-state index >= 15 is 0 Å². The molecule has 0 radical (unpaired) electrons. The lowest BCUT2D eigenvalue weighted by Gasteiger charge is -2.12. The van der Waals surface area contributed by atoms with Crippen LogP contribution in [0.25, 0.3) is 83.3 Å². The molecule has 47 heavy (non-hydrogen) atoms. The van der Waals surface area contributed by atoms with E-state index in [0.717, 1.165) is 49.9 Å². The van der Waals surface area contributed by atoms with E-state index in [1.807, 2.05) is 0 Å². The molecule has 2 heterocycles. The Morgan fingerprint density at radius 1 is 0.340 bits per heavy atom. The highest BCUT2D eigenvalue weighted by Crippen LogP contribution is 2.36. The SMILES string of the molecule is c1ccc(-c2cc(-c3ccccc3)cc(-c3ccc4nc5c(nc4c3)c3ccccc3n5-c3cccc(-c4ccccc4)c3)c2)cc1. The van der Waals surface area contributed by atoms with Crippen LogP contribution in [0.5, 0.6) is 0 Å². The Labute approximate surface area is 273 Å². The summed E-state index contributed by atoms with van der Waals surface area (Å²) in [4.78, 5) is 10.6. The van der Waals surface area contributed by atoms with Crippen LogP contribution in [0.3, 0.4) is 0 Å². The van der Waals surface area contributed by atoms with E-state index in [1.54, 1.807) is 0 Å². The zero-order chi connectivity index (χ0) is 31.2. The smallest absolute Gasteiger partial charge is 0.165 e. The third-order valence-corrected chi connectivity index (χ3v) is 8.95. The van der Waals surface area contributed by atoms with Crippen LogP contribution in [-0.2, 0) is 0 Å². The number of rotatable bonds is 5. The Balaban J connectivity index is 1.22. The topological polar surface area (TPSA) is 30.7 Å². The van der Waals surface area contributed by atoms with Gasteiger partial charge in [-0.1, -0.05) is 127 Å². The molecule has 7 aromatic carbocycles. The number of para-hydroxylation sites is 1. The fourth-order valence-corrected chi connectivity index (χ4v) is 6.65. The molecule has 0 aliphatic rings. The highest BCUT2D eigenvalue weighted by molar-refractivity contribution is 6.08. The van der Waals surface area contributed by atoms with Crippen molar-refractivity contribution in [2.75, 3.05) is 0 Å². The summed E-state index contributed by atoms with van der Waals surface area (Å²) in [7, 11) is 0. The van der Waals surface area contributed by atoms with Gasteiger partial charge in [-0.15, -0.1) is 0 Å². The van der Waals surface area contributed by atoms with Crippen molar-refractivity contribution in [2.45, 2.75) is 0 Å². The van der Waals surface area contributed by atoms with Crippen LogP contribution in [0.1, 0.15) is 0 Å². The monoisotopic (exact) mass is 599 g/mol. The first kappa shape index (κ1) is 27.0. The summed E-state index contributed by atoms with van der Waals surface area (Å²) in [5, 5.41) is 1.09. The molecular formula is C44H29N3. The molecular weight excluding hydrogens is 571 g/mol. The molecule has 0 atom stereocenters. The summed E-state index contributed by atoms with van der Waals surface area (Å²) >= 11 is 0. The minimum Gasteiger partial charge on any atom is -0.293 e. The van der Waals surface area contributed by atoms with Gasteiger partial charge < -0.3 is 0 Å². The first-order valence-corrected chi connectivity index (χ1v) is 15.9. The quantitative estimate of drug-likeness (QED) is 0.197. The van der Waals surface area contributed by atoms with Gasteiger partial charge in [0.05, 0.1) is 16.6 Å². The van der Waals surface area contributed by atoms with Gasteiger partial charge in [0.2, 0.25) is 0 Å². The fraction of sp³-hybridized carbons (Fsp3) is 0. The van der Waals surface area contributed by atoms with Gasteiger partial charge in [0.1, 0.15) is 5.52 Å². The Kier molecular flexibility index (Phi) is 6.46.